The third-order valence-electron chi connectivity index (χ3n) is 0.183. The predicted octanol–water partition coefficient (Wildman–Crippen LogP) is 1.80. The second-order valence-electron chi connectivity index (χ2n) is 1.04. The van der Waals surface area contributed by atoms with Gasteiger partial charge in [0.1, 0.15) is 0 Å². The summed E-state index contributed by atoms with van der Waals surface area (Å²) in [5.41, 5.74) is -0.421. The molecule has 0 amide bonds. The minimum atomic E-state index is -0.421. The van der Waals surface area contributed by atoms with E-state index in [0.29, 0.717) is 0 Å². The fourth-order valence-corrected chi connectivity index (χ4v) is 0. The molecule has 0 fully saturated rings. The van der Waals surface area contributed by atoms with Crippen LogP contribution in [0.1, 0.15) is 15.2 Å². The van der Waals surface area contributed by atoms with Gasteiger partial charge in [0.2, 0.25) is 0 Å². The third kappa shape index (κ3) is 4.52. The van der Waals surface area contributed by atoms with Crippen molar-refractivity contribution in [3.63, 3.8) is 0 Å². The summed E-state index contributed by atoms with van der Waals surface area (Å²) in [7, 11) is 0.725. The highest BCUT2D eigenvalue weighted by molar-refractivity contribution is 7.96. The molecular weight excluding hydrogens is 99.1 g/mol. The Morgan fingerprint density at radius 2 is 2.20 bits per heavy atom. The van der Waals surface area contributed by atoms with Crippen molar-refractivity contribution in [3.05, 3.63) is 0 Å². The molecule has 0 heterocycles. The van der Waals surface area contributed by atoms with E-state index in [1.807, 2.05) is 0 Å². The van der Waals surface area contributed by atoms with E-state index in [0.717, 1.165) is 7.36 Å². The van der Waals surface area contributed by atoms with Crippen LogP contribution in [0, 0.1) is 0 Å². The zero-order valence-corrected chi connectivity index (χ0v) is 5.07. The van der Waals surface area contributed by atoms with Gasteiger partial charge in [-0.25, -0.2) is 0 Å². The first-order chi connectivity index (χ1) is 2.56. The average molecular weight is 107 g/mol. The fourth-order valence-electron chi connectivity index (χ4n) is 0. The van der Waals surface area contributed by atoms with E-state index in [-0.39, 0.29) is 0 Å². The van der Waals surface area contributed by atoms with Gasteiger partial charge in [-0.15, -0.1) is 0 Å². The van der Waals surface area contributed by atoms with Crippen LogP contribution in [0.3, 0.4) is 0 Å². The van der Waals surface area contributed by atoms with Gasteiger partial charge in [-0.1, -0.05) is 25.7 Å². The minimum Gasteiger partial charge on any atom is -0.0575 e. The first kappa shape index (κ1) is 3.70. The van der Waals surface area contributed by atoms with Crippen LogP contribution in [0.5, 0.6) is 0 Å². The predicted molar refractivity (Wildman–Crippen MR) is 29.4 cm³/mol. The van der Waals surface area contributed by atoms with Crippen molar-refractivity contribution in [1.82, 2.24) is 0 Å². The van der Waals surface area contributed by atoms with Gasteiger partial charge in [-0.3, -0.25) is 0 Å². The van der Waals surface area contributed by atoms with Crippen molar-refractivity contribution in [1.29, 1.82) is 0 Å². The highest BCUT2D eigenvalue weighted by Gasteiger charge is 1.77. The van der Waals surface area contributed by atoms with Crippen LogP contribution in [0.25, 0.3) is 0 Å². The Labute approximate surface area is 40.8 Å². The maximum atomic E-state index is 7.06. The van der Waals surface area contributed by atoms with E-state index in [4.69, 9.17) is 1.37 Å². The lowest BCUT2D eigenvalue weighted by atomic mass is 10.6. The maximum absolute atomic E-state index is 7.06. The molecule has 0 atom stereocenters. The standard InChI is InChI=1S/C3H7PS/c1-3(2)4-5/h3H,1-2H3/i3D. The van der Waals surface area contributed by atoms with Gasteiger partial charge in [0.05, 0.1) is 0 Å². The Hall–Kier alpha value is 0.520. The Balaban J connectivity index is 3.45. The maximum Gasteiger partial charge on any atom is 0.0400 e. The molecule has 0 saturated carbocycles. The zero-order chi connectivity index (χ0) is 5.21. The van der Waals surface area contributed by atoms with Crippen molar-refractivity contribution >= 4 is 19.2 Å². The SMILES string of the molecule is [2H]C(C)(C)P=S. The first-order valence-corrected chi connectivity index (χ1v) is 3.31. The Morgan fingerprint density at radius 1 is 2.00 bits per heavy atom. The van der Waals surface area contributed by atoms with Crippen LogP contribution in [0.2, 0.25) is 0 Å². The van der Waals surface area contributed by atoms with Gasteiger partial charge in [-0.2, -0.15) is 0 Å². The van der Waals surface area contributed by atoms with Crippen LogP contribution in [-0.4, -0.2) is 5.64 Å². The molecule has 0 spiro atoms. The Morgan fingerprint density at radius 3 is 2.20 bits per heavy atom. The molecule has 5 heavy (non-hydrogen) atoms. The molecule has 0 aliphatic rings. The number of hydrogen-bond donors (Lipinski definition) is 0. The summed E-state index contributed by atoms with van der Waals surface area (Å²) in [5.74, 6) is 0. The van der Waals surface area contributed by atoms with Crippen molar-refractivity contribution in [2.75, 3.05) is 0 Å². The van der Waals surface area contributed by atoms with E-state index < -0.39 is 5.64 Å². The molecule has 0 bridgehead atoms. The van der Waals surface area contributed by atoms with Gasteiger partial charge < -0.3 is 0 Å². The molecule has 0 N–H and O–H groups in total. The molecule has 0 unspecified atom stereocenters. The van der Waals surface area contributed by atoms with Crippen molar-refractivity contribution in [2.24, 2.45) is 0 Å². The number of hydrogen-bond acceptors (Lipinski definition) is 1. The van der Waals surface area contributed by atoms with Crippen LogP contribution in [-0.2, 0) is 11.8 Å². The Kier molecular flexibility index (Phi) is 2.03. The Bertz CT molecular complexity index is 56.3. The highest BCUT2D eigenvalue weighted by atomic mass is 32.4. The lowest BCUT2D eigenvalue weighted by Crippen LogP contribution is -1.72. The normalized spacial score (nSPS) is 15.2. The molecule has 0 saturated heterocycles. The monoisotopic (exact) mass is 107 g/mol. The summed E-state index contributed by atoms with van der Waals surface area (Å²) >= 11 is 4.57. The van der Waals surface area contributed by atoms with Gasteiger partial charge in [0, 0.05) is 7.01 Å². The highest BCUT2D eigenvalue weighted by Crippen LogP contribution is 2.00. The quantitative estimate of drug-likeness (QED) is 0.460. The summed E-state index contributed by atoms with van der Waals surface area (Å²) in [6, 6.07) is 0. The summed E-state index contributed by atoms with van der Waals surface area (Å²) < 4.78 is 7.06. The van der Waals surface area contributed by atoms with Gasteiger partial charge in [-0.05, 0) is 7.36 Å². The van der Waals surface area contributed by atoms with Crippen LogP contribution >= 0.6 is 7.36 Å². The summed E-state index contributed by atoms with van der Waals surface area (Å²) in [4.78, 5) is 0. The van der Waals surface area contributed by atoms with E-state index in [1.165, 1.54) is 0 Å². The number of rotatable bonds is 1. The van der Waals surface area contributed by atoms with Crippen molar-refractivity contribution < 1.29 is 1.37 Å². The minimum absolute atomic E-state index is 0.421. The lowest BCUT2D eigenvalue weighted by molar-refractivity contribution is 1.12. The van der Waals surface area contributed by atoms with E-state index in [2.05, 4.69) is 11.8 Å². The molecule has 0 aliphatic carbocycles. The summed E-state index contributed by atoms with van der Waals surface area (Å²) in [6.07, 6.45) is 0. The van der Waals surface area contributed by atoms with Gasteiger partial charge in [0.15, 0.2) is 0 Å². The van der Waals surface area contributed by atoms with Crippen molar-refractivity contribution in [3.8, 4) is 0 Å². The molecule has 0 nitrogen and oxygen atoms in total. The van der Waals surface area contributed by atoms with Crippen molar-refractivity contribution in [2.45, 2.75) is 19.5 Å². The molecule has 0 rings (SSSR count). The third-order valence-corrected chi connectivity index (χ3v) is 1.64. The van der Waals surface area contributed by atoms with E-state index in [1.54, 1.807) is 13.8 Å². The lowest BCUT2D eigenvalue weighted by Gasteiger charge is -1.80. The molecular formula is C3H7PS. The summed E-state index contributed by atoms with van der Waals surface area (Å²) in [5, 5.41) is 0. The second-order valence-corrected chi connectivity index (χ2v) is 2.66. The topological polar surface area (TPSA) is 0 Å². The van der Waals surface area contributed by atoms with Crippen LogP contribution in [0.4, 0.5) is 0 Å². The molecule has 0 aromatic heterocycles. The molecule has 30 valence electrons. The second kappa shape index (κ2) is 2.74. The molecule has 0 aliphatic heterocycles. The molecule has 0 aromatic rings. The van der Waals surface area contributed by atoms with Crippen LogP contribution < -0.4 is 0 Å². The first-order valence-electron chi connectivity index (χ1n) is 1.91. The fraction of sp³-hybridized carbons (Fsp3) is 1.00. The molecule has 0 aromatic carbocycles. The summed E-state index contributed by atoms with van der Waals surface area (Å²) in [6.45, 7) is 3.59. The smallest absolute Gasteiger partial charge is 0.0400 e. The average Bonchev–Trinajstić information content (AvgIpc) is 1.35. The largest absolute Gasteiger partial charge is 0.0575 e. The van der Waals surface area contributed by atoms with Crippen LogP contribution in [0.15, 0.2) is 0 Å². The molecule has 0 radical (unpaired) electrons. The zero-order valence-electron chi connectivity index (χ0n) is 4.36. The van der Waals surface area contributed by atoms with Gasteiger partial charge >= 0.3 is 0 Å². The molecule has 2 heteroatoms. The van der Waals surface area contributed by atoms with E-state index in [9.17, 15) is 0 Å². The van der Waals surface area contributed by atoms with E-state index >= 15 is 0 Å². The van der Waals surface area contributed by atoms with Gasteiger partial charge in [0.25, 0.3) is 0 Å².